The lowest BCUT2D eigenvalue weighted by Crippen LogP contribution is -2.22. The minimum absolute atomic E-state index is 0.0492. The van der Waals surface area contributed by atoms with Gasteiger partial charge in [-0.25, -0.2) is 14.6 Å². The number of thiazole rings is 1. The van der Waals surface area contributed by atoms with E-state index in [1.807, 2.05) is 44.2 Å². The third-order valence-electron chi connectivity index (χ3n) is 6.31. The van der Waals surface area contributed by atoms with E-state index in [0.717, 1.165) is 29.0 Å². The van der Waals surface area contributed by atoms with Crippen molar-refractivity contribution in [2.45, 2.75) is 13.8 Å². The highest BCUT2D eigenvalue weighted by atomic mass is 32.1. The molecule has 194 valence electrons. The molecule has 0 radical (unpaired) electrons. The molecule has 0 aliphatic rings. The fraction of sp³-hybridized carbons (Fsp3) is 0.207. The van der Waals surface area contributed by atoms with Gasteiger partial charge in [-0.15, -0.1) is 11.3 Å². The molecule has 0 aliphatic heterocycles. The van der Waals surface area contributed by atoms with Crippen molar-refractivity contribution >= 4 is 44.2 Å². The van der Waals surface area contributed by atoms with Gasteiger partial charge in [-0.2, -0.15) is 0 Å². The topological polar surface area (TPSA) is 91.1 Å². The number of aromatic nitrogens is 1. The standard InChI is InChI=1S/C29H26N2O6S/c1-5-31(6-2)17-14-15-18-22(16-17)36-29(33)25(27-30-19-10-7-8-13-23(19)38-27)24(18)28(32)37-26-20(34-3)11-9-12-21(26)35-4/h7-16H,5-6H2,1-4H3. The summed E-state index contributed by atoms with van der Waals surface area (Å²) in [6, 6.07) is 18.0. The Balaban J connectivity index is 1.75. The Bertz CT molecular complexity index is 1650. The Labute approximate surface area is 223 Å². The molecule has 0 saturated carbocycles. The summed E-state index contributed by atoms with van der Waals surface area (Å²) in [5, 5.41) is 0.808. The molecule has 38 heavy (non-hydrogen) atoms. The first-order valence-corrected chi connectivity index (χ1v) is 13.0. The van der Waals surface area contributed by atoms with Crippen molar-refractivity contribution in [3.63, 3.8) is 0 Å². The SMILES string of the molecule is CCN(CC)c1ccc2c(C(=O)Oc3c(OC)cccc3OC)c(-c3nc4ccccc4s3)c(=O)oc2c1. The van der Waals surface area contributed by atoms with E-state index in [-0.39, 0.29) is 22.5 Å². The summed E-state index contributed by atoms with van der Waals surface area (Å²) in [6.07, 6.45) is 0. The molecule has 0 spiro atoms. The van der Waals surface area contributed by atoms with Gasteiger partial charge in [-0.3, -0.25) is 0 Å². The van der Waals surface area contributed by atoms with E-state index in [1.165, 1.54) is 25.6 Å². The van der Waals surface area contributed by atoms with Gasteiger partial charge in [0, 0.05) is 30.2 Å². The molecular formula is C29H26N2O6S. The second kappa shape index (κ2) is 10.5. The molecule has 0 aliphatic carbocycles. The Morgan fingerprint density at radius 1 is 0.974 bits per heavy atom. The maximum atomic E-state index is 13.9. The molecule has 0 saturated heterocycles. The van der Waals surface area contributed by atoms with Crippen LogP contribution >= 0.6 is 11.3 Å². The number of rotatable bonds is 8. The molecule has 0 atom stereocenters. The van der Waals surface area contributed by atoms with Crippen LogP contribution < -0.4 is 24.7 Å². The van der Waals surface area contributed by atoms with Gasteiger partial charge in [0.15, 0.2) is 11.5 Å². The molecule has 8 nitrogen and oxygen atoms in total. The number of nitrogens with zero attached hydrogens (tertiary/aromatic N) is 2. The van der Waals surface area contributed by atoms with Crippen LogP contribution in [0.3, 0.4) is 0 Å². The van der Waals surface area contributed by atoms with Crippen LogP contribution in [0.1, 0.15) is 24.2 Å². The molecule has 0 bridgehead atoms. The number of hydrogen-bond donors (Lipinski definition) is 0. The number of carbonyl (C=O) groups is 1. The number of hydrogen-bond acceptors (Lipinski definition) is 9. The highest BCUT2D eigenvalue weighted by Gasteiger charge is 2.28. The molecule has 3 aromatic carbocycles. The minimum atomic E-state index is -0.754. The van der Waals surface area contributed by atoms with Crippen LogP contribution in [0.5, 0.6) is 17.2 Å². The van der Waals surface area contributed by atoms with Gasteiger partial charge >= 0.3 is 11.6 Å². The zero-order valence-electron chi connectivity index (χ0n) is 21.4. The van der Waals surface area contributed by atoms with Crippen LogP contribution in [-0.2, 0) is 0 Å². The average Bonchev–Trinajstić information content (AvgIpc) is 3.36. The normalized spacial score (nSPS) is 11.1. The molecule has 2 aromatic heterocycles. The Morgan fingerprint density at radius 2 is 1.68 bits per heavy atom. The lowest BCUT2D eigenvalue weighted by atomic mass is 10.0. The van der Waals surface area contributed by atoms with E-state index < -0.39 is 11.6 Å². The van der Waals surface area contributed by atoms with E-state index in [9.17, 15) is 9.59 Å². The van der Waals surface area contributed by atoms with E-state index in [0.29, 0.717) is 21.9 Å². The number of fused-ring (bicyclic) bond motifs is 2. The summed E-state index contributed by atoms with van der Waals surface area (Å²) in [5.41, 5.74) is 1.32. The van der Waals surface area contributed by atoms with Gasteiger partial charge in [0.1, 0.15) is 16.2 Å². The summed E-state index contributed by atoms with van der Waals surface area (Å²) >= 11 is 1.31. The van der Waals surface area contributed by atoms with Crippen LogP contribution in [0, 0.1) is 0 Å². The largest absolute Gasteiger partial charge is 0.493 e. The molecule has 0 fully saturated rings. The quantitative estimate of drug-likeness (QED) is 0.134. The van der Waals surface area contributed by atoms with Crippen molar-refractivity contribution in [3.8, 4) is 27.8 Å². The first kappa shape index (κ1) is 25.3. The molecule has 0 amide bonds. The van der Waals surface area contributed by atoms with E-state index in [2.05, 4.69) is 9.88 Å². The highest BCUT2D eigenvalue weighted by Crippen LogP contribution is 2.39. The molecule has 9 heteroatoms. The van der Waals surface area contributed by atoms with E-state index in [1.54, 1.807) is 30.3 Å². The van der Waals surface area contributed by atoms with Gasteiger partial charge in [0.25, 0.3) is 0 Å². The van der Waals surface area contributed by atoms with E-state index >= 15 is 0 Å². The summed E-state index contributed by atoms with van der Waals surface area (Å²) in [7, 11) is 2.94. The van der Waals surface area contributed by atoms with Crippen molar-refractivity contribution in [1.82, 2.24) is 4.98 Å². The van der Waals surface area contributed by atoms with Gasteiger partial charge in [-0.05, 0) is 50.2 Å². The second-order valence-corrected chi connectivity index (χ2v) is 9.39. The number of ether oxygens (including phenoxy) is 3. The monoisotopic (exact) mass is 530 g/mol. The van der Waals surface area contributed by atoms with Gasteiger partial charge in [0.05, 0.1) is 30.0 Å². The number of esters is 1. The molecular weight excluding hydrogens is 504 g/mol. The first-order chi connectivity index (χ1) is 18.5. The van der Waals surface area contributed by atoms with Gasteiger partial charge in [-0.1, -0.05) is 18.2 Å². The lowest BCUT2D eigenvalue weighted by molar-refractivity contribution is 0.0726. The highest BCUT2D eigenvalue weighted by molar-refractivity contribution is 7.21. The summed E-state index contributed by atoms with van der Waals surface area (Å²) in [6.45, 7) is 5.64. The maximum absolute atomic E-state index is 13.9. The van der Waals surface area contributed by atoms with Crippen LogP contribution in [0.4, 0.5) is 5.69 Å². The predicted octanol–water partition coefficient (Wildman–Crippen LogP) is 6.15. The predicted molar refractivity (Wildman–Crippen MR) is 149 cm³/mol. The second-order valence-electron chi connectivity index (χ2n) is 8.36. The zero-order chi connectivity index (χ0) is 26.8. The van der Waals surface area contributed by atoms with E-state index in [4.69, 9.17) is 18.6 Å². The van der Waals surface area contributed by atoms with Crippen LogP contribution in [0.2, 0.25) is 0 Å². The fourth-order valence-electron chi connectivity index (χ4n) is 4.42. The third-order valence-corrected chi connectivity index (χ3v) is 7.36. The van der Waals surface area contributed by atoms with Gasteiger partial charge < -0.3 is 23.5 Å². The summed E-state index contributed by atoms with van der Waals surface area (Å²) in [4.78, 5) is 34.2. The third kappa shape index (κ3) is 4.45. The Hall–Kier alpha value is -4.37. The molecule has 5 aromatic rings. The maximum Gasteiger partial charge on any atom is 0.347 e. The first-order valence-electron chi connectivity index (χ1n) is 12.1. The zero-order valence-corrected chi connectivity index (χ0v) is 22.3. The van der Waals surface area contributed by atoms with Crippen LogP contribution in [0.15, 0.2) is 69.9 Å². The Morgan fingerprint density at radius 3 is 2.34 bits per heavy atom. The van der Waals surface area contributed by atoms with Crippen molar-refractivity contribution < 1.29 is 23.4 Å². The smallest absolute Gasteiger partial charge is 0.347 e. The van der Waals surface area contributed by atoms with Crippen molar-refractivity contribution in [2.24, 2.45) is 0 Å². The minimum Gasteiger partial charge on any atom is -0.493 e. The van der Waals surface area contributed by atoms with Crippen molar-refractivity contribution in [3.05, 3.63) is 76.6 Å². The lowest BCUT2D eigenvalue weighted by Gasteiger charge is -2.21. The van der Waals surface area contributed by atoms with Crippen LogP contribution in [0.25, 0.3) is 31.8 Å². The number of benzene rings is 3. The molecule has 2 heterocycles. The number of methoxy groups -OCH3 is 2. The van der Waals surface area contributed by atoms with Crippen LogP contribution in [-0.4, -0.2) is 38.3 Å². The van der Waals surface area contributed by atoms with Gasteiger partial charge in [0.2, 0.25) is 5.75 Å². The fourth-order valence-corrected chi connectivity index (χ4v) is 5.43. The Kier molecular flexibility index (Phi) is 7.02. The average molecular weight is 531 g/mol. The number of carbonyl (C=O) groups excluding carboxylic acids is 1. The summed E-state index contributed by atoms with van der Waals surface area (Å²) in [5.74, 6) is -0.0138. The molecule has 0 unspecified atom stereocenters. The molecule has 5 rings (SSSR count). The van der Waals surface area contributed by atoms with Crippen molar-refractivity contribution in [2.75, 3.05) is 32.2 Å². The summed E-state index contributed by atoms with van der Waals surface area (Å²) < 4.78 is 23.3. The molecule has 0 N–H and O–H groups in total. The van der Waals surface area contributed by atoms with Crippen molar-refractivity contribution in [1.29, 1.82) is 0 Å². The number of anilines is 1. The number of para-hydroxylation sites is 2.